The van der Waals surface area contributed by atoms with E-state index in [-0.39, 0.29) is 5.91 Å². The first kappa shape index (κ1) is 12.8. The molecule has 0 fully saturated rings. The SMILES string of the molecule is NCCCNC(=O)c1cc(Cl)nc2ccccc12. The molecule has 2 aromatic rings. The van der Waals surface area contributed by atoms with Crippen LogP contribution in [0.2, 0.25) is 5.15 Å². The average molecular weight is 264 g/mol. The van der Waals surface area contributed by atoms with Crippen molar-refractivity contribution >= 4 is 28.4 Å². The van der Waals surface area contributed by atoms with Crippen LogP contribution < -0.4 is 11.1 Å². The van der Waals surface area contributed by atoms with Crippen LogP contribution in [0.15, 0.2) is 30.3 Å². The Kier molecular flexibility index (Phi) is 4.12. The number of hydrogen-bond acceptors (Lipinski definition) is 3. The zero-order chi connectivity index (χ0) is 13.0. The minimum atomic E-state index is -0.149. The lowest BCUT2D eigenvalue weighted by Crippen LogP contribution is -2.26. The number of rotatable bonds is 4. The molecule has 1 heterocycles. The van der Waals surface area contributed by atoms with Crippen LogP contribution in [0.4, 0.5) is 0 Å². The summed E-state index contributed by atoms with van der Waals surface area (Å²) in [5, 5.41) is 3.93. The summed E-state index contributed by atoms with van der Waals surface area (Å²) in [5.74, 6) is -0.149. The third-order valence-electron chi connectivity index (χ3n) is 2.60. The second kappa shape index (κ2) is 5.80. The van der Waals surface area contributed by atoms with Crippen LogP contribution in [-0.2, 0) is 0 Å². The number of amides is 1. The number of halogens is 1. The third kappa shape index (κ3) is 2.78. The highest BCUT2D eigenvalue weighted by molar-refractivity contribution is 6.30. The monoisotopic (exact) mass is 263 g/mol. The summed E-state index contributed by atoms with van der Waals surface area (Å²) in [6.45, 7) is 1.11. The summed E-state index contributed by atoms with van der Waals surface area (Å²) in [4.78, 5) is 16.2. The van der Waals surface area contributed by atoms with Gasteiger partial charge in [0, 0.05) is 11.9 Å². The Balaban J connectivity index is 2.34. The van der Waals surface area contributed by atoms with E-state index in [4.69, 9.17) is 17.3 Å². The van der Waals surface area contributed by atoms with E-state index in [9.17, 15) is 4.79 Å². The Labute approximate surface area is 110 Å². The van der Waals surface area contributed by atoms with Gasteiger partial charge in [-0.1, -0.05) is 29.8 Å². The van der Waals surface area contributed by atoms with Crippen LogP contribution in [0.5, 0.6) is 0 Å². The van der Waals surface area contributed by atoms with Gasteiger partial charge >= 0.3 is 0 Å². The molecule has 0 aliphatic rings. The first-order valence-electron chi connectivity index (χ1n) is 5.76. The van der Waals surface area contributed by atoms with Gasteiger partial charge in [0.25, 0.3) is 5.91 Å². The molecule has 0 aliphatic heterocycles. The van der Waals surface area contributed by atoms with Gasteiger partial charge in [-0.05, 0) is 25.1 Å². The minimum absolute atomic E-state index is 0.149. The van der Waals surface area contributed by atoms with E-state index in [1.165, 1.54) is 0 Å². The molecule has 1 aromatic heterocycles. The maximum atomic E-state index is 12.0. The molecule has 1 aromatic carbocycles. The number of pyridine rings is 1. The lowest BCUT2D eigenvalue weighted by atomic mass is 10.1. The molecule has 0 spiro atoms. The molecule has 18 heavy (non-hydrogen) atoms. The molecular formula is C13H14ClN3O. The summed E-state index contributed by atoms with van der Waals surface area (Å²) in [5.41, 5.74) is 6.65. The van der Waals surface area contributed by atoms with Crippen molar-refractivity contribution in [3.05, 3.63) is 41.0 Å². The molecule has 3 N–H and O–H groups in total. The topological polar surface area (TPSA) is 68.0 Å². The van der Waals surface area contributed by atoms with Gasteiger partial charge in [0.1, 0.15) is 5.15 Å². The van der Waals surface area contributed by atoms with Gasteiger partial charge < -0.3 is 11.1 Å². The fourth-order valence-corrected chi connectivity index (χ4v) is 1.93. The van der Waals surface area contributed by atoms with Crippen molar-refractivity contribution in [1.29, 1.82) is 0 Å². The van der Waals surface area contributed by atoms with Crippen molar-refractivity contribution in [2.75, 3.05) is 13.1 Å². The fraction of sp³-hybridized carbons (Fsp3) is 0.231. The predicted octanol–water partition coefficient (Wildman–Crippen LogP) is 1.97. The van der Waals surface area contributed by atoms with Gasteiger partial charge in [0.05, 0.1) is 11.1 Å². The fourth-order valence-electron chi connectivity index (χ4n) is 1.73. The number of nitrogens with one attached hydrogen (secondary N) is 1. The smallest absolute Gasteiger partial charge is 0.252 e. The number of nitrogens with two attached hydrogens (primary N) is 1. The molecule has 94 valence electrons. The number of nitrogens with zero attached hydrogens (tertiary/aromatic N) is 1. The number of hydrogen-bond donors (Lipinski definition) is 2. The van der Waals surface area contributed by atoms with Crippen molar-refractivity contribution in [3.63, 3.8) is 0 Å². The highest BCUT2D eigenvalue weighted by Crippen LogP contribution is 2.20. The number of fused-ring (bicyclic) bond motifs is 1. The highest BCUT2D eigenvalue weighted by Gasteiger charge is 2.11. The van der Waals surface area contributed by atoms with Gasteiger partial charge in [0.15, 0.2) is 0 Å². The Morgan fingerprint density at radius 1 is 1.39 bits per heavy atom. The normalized spacial score (nSPS) is 10.6. The number of carbonyl (C=O) groups excluding carboxylic acids is 1. The predicted molar refractivity (Wildman–Crippen MR) is 72.8 cm³/mol. The highest BCUT2D eigenvalue weighted by atomic mass is 35.5. The van der Waals surface area contributed by atoms with Crippen LogP contribution in [0.25, 0.3) is 10.9 Å². The third-order valence-corrected chi connectivity index (χ3v) is 2.79. The lowest BCUT2D eigenvalue weighted by molar-refractivity contribution is 0.0955. The summed E-state index contributed by atoms with van der Waals surface area (Å²) >= 11 is 5.92. The van der Waals surface area contributed by atoms with Crippen LogP contribution in [-0.4, -0.2) is 24.0 Å². The number of benzene rings is 1. The Hall–Kier alpha value is -1.65. The van der Waals surface area contributed by atoms with E-state index < -0.39 is 0 Å². The van der Waals surface area contributed by atoms with Crippen LogP contribution in [0.3, 0.4) is 0 Å². The first-order valence-corrected chi connectivity index (χ1v) is 6.13. The molecule has 5 heteroatoms. The van der Waals surface area contributed by atoms with E-state index >= 15 is 0 Å². The summed E-state index contributed by atoms with van der Waals surface area (Å²) < 4.78 is 0. The van der Waals surface area contributed by atoms with E-state index in [0.29, 0.717) is 29.3 Å². The average Bonchev–Trinajstić information content (AvgIpc) is 2.38. The maximum absolute atomic E-state index is 12.0. The van der Waals surface area contributed by atoms with Crippen molar-refractivity contribution in [2.45, 2.75) is 6.42 Å². The van der Waals surface area contributed by atoms with E-state index in [2.05, 4.69) is 10.3 Å². The van der Waals surface area contributed by atoms with Crippen molar-refractivity contribution in [3.8, 4) is 0 Å². The molecule has 0 atom stereocenters. The van der Waals surface area contributed by atoms with E-state index in [1.807, 2.05) is 24.3 Å². The largest absolute Gasteiger partial charge is 0.352 e. The molecule has 1 amide bonds. The van der Waals surface area contributed by atoms with Crippen molar-refractivity contribution in [2.24, 2.45) is 5.73 Å². The maximum Gasteiger partial charge on any atom is 0.252 e. The van der Waals surface area contributed by atoms with Crippen LogP contribution in [0.1, 0.15) is 16.8 Å². The molecule has 0 saturated heterocycles. The van der Waals surface area contributed by atoms with Gasteiger partial charge in [-0.25, -0.2) is 4.98 Å². The quantitative estimate of drug-likeness (QED) is 0.655. The Bertz CT molecular complexity index is 571. The van der Waals surface area contributed by atoms with E-state index in [0.717, 1.165) is 11.8 Å². The molecular weight excluding hydrogens is 250 g/mol. The minimum Gasteiger partial charge on any atom is -0.352 e. The van der Waals surface area contributed by atoms with Crippen molar-refractivity contribution in [1.82, 2.24) is 10.3 Å². The standard InChI is InChI=1S/C13H14ClN3O/c14-12-8-10(13(18)16-7-3-6-15)9-4-1-2-5-11(9)17-12/h1-2,4-5,8H,3,6-7,15H2,(H,16,18). The summed E-state index contributed by atoms with van der Waals surface area (Å²) in [7, 11) is 0. The second-order valence-corrected chi connectivity index (χ2v) is 4.30. The molecule has 0 radical (unpaired) electrons. The van der Waals surface area contributed by atoms with Crippen LogP contribution in [0, 0.1) is 0 Å². The molecule has 0 saturated carbocycles. The molecule has 4 nitrogen and oxygen atoms in total. The van der Waals surface area contributed by atoms with Gasteiger partial charge in [-0.15, -0.1) is 0 Å². The molecule has 0 bridgehead atoms. The van der Waals surface area contributed by atoms with Crippen molar-refractivity contribution < 1.29 is 4.79 Å². The zero-order valence-electron chi connectivity index (χ0n) is 9.82. The Morgan fingerprint density at radius 2 is 2.17 bits per heavy atom. The number of aromatic nitrogens is 1. The molecule has 0 aliphatic carbocycles. The second-order valence-electron chi connectivity index (χ2n) is 3.91. The summed E-state index contributed by atoms with van der Waals surface area (Å²) in [6, 6.07) is 9.01. The van der Waals surface area contributed by atoms with Gasteiger partial charge in [-0.3, -0.25) is 4.79 Å². The molecule has 0 unspecified atom stereocenters. The van der Waals surface area contributed by atoms with E-state index in [1.54, 1.807) is 6.07 Å². The molecule has 2 rings (SSSR count). The van der Waals surface area contributed by atoms with Gasteiger partial charge in [0.2, 0.25) is 0 Å². The zero-order valence-corrected chi connectivity index (χ0v) is 10.6. The number of para-hydroxylation sites is 1. The van der Waals surface area contributed by atoms with Crippen LogP contribution >= 0.6 is 11.6 Å². The number of carbonyl (C=O) groups is 1. The first-order chi connectivity index (χ1) is 8.72. The van der Waals surface area contributed by atoms with Gasteiger partial charge in [-0.2, -0.15) is 0 Å². The summed E-state index contributed by atoms with van der Waals surface area (Å²) in [6.07, 6.45) is 0.752. The lowest BCUT2D eigenvalue weighted by Gasteiger charge is -2.07. The Morgan fingerprint density at radius 3 is 2.94 bits per heavy atom.